The maximum absolute atomic E-state index is 13.3. The predicted molar refractivity (Wildman–Crippen MR) is 116 cm³/mol. The fourth-order valence-electron chi connectivity index (χ4n) is 3.05. The summed E-state index contributed by atoms with van der Waals surface area (Å²) in [6.45, 7) is 0. The minimum atomic E-state index is -0.360. The Morgan fingerprint density at radius 3 is 2.10 bits per heavy atom. The number of halogens is 1. The molecule has 4 nitrogen and oxygen atoms in total. The lowest BCUT2D eigenvalue weighted by atomic mass is 10.1. The van der Waals surface area contributed by atoms with E-state index < -0.39 is 0 Å². The van der Waals surface area contributed by atoms with Gasteiger partial charge in [-0.1, -0.05) is 53.7 Å². The van der Waals surface area contributed by atoms with Crippen molar-refractivity contribution in [2.24, 2.45) is 0 Å². The number of imide groups is 1. The van der Waals surface area contributed by atoms with Gasteiger partial charge in [0.25, 0.3) is 11.8 Å². The molecule has 0 radical (unpaired) electrons. The average molecular weight is 422 g/mol. The lowest BCUT2D eigenvalue weighted by molar-refractivity contribution is -0.119. The van der Waals surface area contributed by atoms with Crippen LogP contribution in [0.5, 0.6) is 5.75 Å². The summed E-state index contributed by atoms with van der Waals surface area (Å²) in [5, 5.41) is 0.565. The topological polar surface area (TPSA) is 46.6 Å². The molecule has 1 aliphatic rings. The molecule has 144 valence electrons. The Bertz CT molecular complexity index is 1090. The second kappa shape index (κ2) is 8.15. The standard InChI is InChI=1S/C23H16ClNO3S/c1-28-18-13-11-17(12-14-18)25-22(26)20(15-7-9-16(24)10-8-15)21(23(25)27)29-19-5-3-2-4-6-19/h2-14H,1H3. The molecule has 6 heteroatoms. The highest BCUT2D eigenvalue weighted by Crippen LogP contribution is 2.41. The summed E-state index contributed by atoms with van der Waals surface area (Å²) in [5.74, 6) is -0.0579. The number of benzene rings is 3. The van der Waals surface area contributed by atoms with Gasteiger partial charge in [-0.25, -0.2) is 4.90 Å². The number of anilines is 1. The second-order valence-electron chi connectivity index (χ2n) is 6.27. The first-order valence-corrected chi connectivity index (χ1v) is 10.0. The number of rotatable bonds is 5. The first kappa shape index (κ1) is 19.3. The number of hydrogen-bond donors (Lipinski definition) is 0. The minimum absolute atomic E-state index is 0.348. The van der Waals surface area contributed by atoms with Crippen molar-refractivity contribution in [1.82, 2.24) is 0 Å². The maximum atomic E-state index is 13.3. The molecule has 0 aliphatic carbocycles. The van der Waals surface area contributed by atoms with Crippen molar-refractivity contribution < 1.29 is 14.3 Å². The molecule has 29 heavy (non-hydrogen) atoms. The van der Waals surface area contributed by atoms with Crippen LogP contribution in [0.2, 0.25) is 5.02 Å². The molecule has 0 spiro atoms. The molecule has 4 rings (SSSR count). The number of thioether (sulfide) groups is 1. The average Bonchev–Trinajstić information content (AvgIpc) is 2.99. The summed E-state index contributed by atoms with van der Waals surface area (Å²) < 4.78 is 5.17. The van der Waals surface area contributed by atoms with Crippen LogP contribution in [0.15, 0.2) is 88.7 Å². The zero-order valence-electron chi connectivity index (χ0n) is 15.5. The molecule has 0 saturated carbocycles. The van der Waals surface area contributed by atoms with Gasteiger partial charge in [-0.15, -0.1) is 0 Å². The van der Waals surface area contributed by atoms with E-state index in [2.05, 4.69) is 0 Å². The van der Waals surface area contributed by atoms with Crippen LogP contribution in [0.4, 0.5) is 5.69 Å². The fraction of sp³-hybridized carbons (Fsp3) is 0.0435. The molecule has 1 heterocycles. The molecule has 0 unspecified atom stereocenters. The molecule has 0 saturated heterocycles. The smallest absolute Gasteiger partial charge is 0.272 e. The Morgan fingerprint density at radius 1 is 0.828 bits per heavy atom. The van der Waals surface area contributed by atoms with E-state index in [0.29, 0.717) is 32.5 Å². The normalized spacial score (nSPS) is 13.9. The van der Waals surface area contributed by atoms with Gasteiger partial charge >= 0.3 is 0 Å². The minimum Gasteiger partial charge on any atom is -0.497 e. The molecule has 0 fully saturated rings. The highest BCUT2D eigenvalue weighted by Gasteiger charge is 2.40. The Kier molecular flexibility index (Phi) is 5.43. The Labute approximate surface area is 177 Å². The van der Waals surface area contributed by atoms with Crippen LogP contribution in [0.1, 0.15) is 5.56 Å². The van der Waals surface area contributed by atoms with Crippen LogP contribution < -0.4 is 9.64 Å². The number of hydrogen-bond acceptors (Lipinski definition) is 4. The predicted octanol–water partition coefficient (Wildman–Crippen LogP) is 5.43. The van der Waals surface area contributed by atoms with Crippen LogP contribution in [0, 0.1) is 0 Å². The van der Waals surface area contributed by atoms with Crippen molar-refractivity contribution in [3.05, 3.63) is 94.4 Å². The van der Waals surface area contributed by atoms with Crippen LogP contribution in [-0.4, -0.2) is 18.9 Å². The highest BCUT2D eigenvalue weighted by atomic mass is 35.5. The molecule has 0 bridgehead atoms. The molecule has 3 aromatic rings. The summed E-state index contributed by atoms with van der Waals surface area (Å²) in [7, 11) is 1.57. The monoisotopic (exact) mass is 421 g/mol. The summed E-state index contributed by atoms with van der Waals surface area (Å²) in [6, 6.07) is 23.3. The van der Waals surface area contributed by atoms with Crippen LogP contribution in [0.3, 0.4) is 0 Å². The summed E-state index contributed by atoms with van der Waals surface area (Å²) >= 11 is 7.29. The summed E-state index contributed by atoms with van der Waals surface area (Å²) in [4.78, 5) is 29.1. The van der Waals surface area contributed by atoms with Crippen molar-refractivity contribution in [2.45, 2.75) is 4.90 Å². The van der Waals surface area contributed by atoms with Gasteiger partial charge in [0.1, 0.15) is 5.75 Å². The number of amides is 2. The first-order valence-electron chi connectivity index (χ1n) is 8.84. The van der Waals surface area contributed by atoms with Gasteiger partial charge in [-0.3, -0.25) is 9.59 Å². The molecular formula is C23H16ClNO3S. The van der Waals surface area contributed by atoms with Gasteiger partial charge in [-0.2, -0.15) is 0 Å². The van der Waals surface area contributed by atoms with E-state index in [9.17, 15) is 9.59 Å². The second-order valence-corrected chi connectivity index (χ2v) is 7.79. The van der Waals surface area contributed by atoms with Crippen molar-refractivity contribution in [1.29, 1.82) is 0 Å². The fourth-order valence-corrected chi connectivity index (χ4v) is 4.19. The molecule has 1 aliphatic heterocycles. The number of methoxy groups -OCH3 is 1. The Balaban J connectivity index is 1.79. The van der Waals surface area contributed by atoms with Crippen molar-refractivity contribution in [2.75, 3.05) is 12.0 Å². The van der Waals surface area contributed by atoms with Gasteiger partial charge in [0.2, 0.25) is 0 Å². The van der Waals surface area contributed by atoms with Crippen molar-refractivity contribution >= 4 is 46.4 Å². The quantitative estimate of drug-likeness (QED) is 0.515. The zero-order valence-corrected chi connectivity index (χ0v) is 17.0. The van der Waals surface area contributed by atoms with E-state index in [1.807, 2.05) is 30.3 Å². The number of carbonyl (C=O) groups excluding carboxylic acids is 2. The number of nitrogens with zero attached hydrogens (tertiary/aromatic N) is 1. The van der Waals surface area contributed by atoms with Crippen LogP contribution in [-0.2, 0) is 9.59 Å². The van der Waals surface area contributed by atoms with E-state index in [-0.39, 0.29) is 11.8 Å². The van der Waals surface area contributed by atoms with Crippen molar-refractivity contribution in [3.8, 4) is 5.75 Å². The maximum Gasteiger partial charge on any atom is 0.272 e. The summed E-state index contributed by atoms with van der Waals surface area (Å²) in [5.41, 5.74) is 1.52. The zero-order chi connectivity index (χ0) is 20.4. The third kappa shape index (κ3) is 3.79. The Morgan fingerprint density at radius 2 is 1.48 bits per heavy atom. The van der Waals surface area contributed by atoms with Gasteiger partial charge < -0.3 is 4.74 Å². The summed E-state index contributed by atoms with van der Waals surface area (Å²) in [6.07, 6.45) is 0. The Hall–Kier alpha value is -3.02. The highest BCUT2D eigenvalue weighted by molar-refractivity contribution is 8.04. The first-order chi connectivity index (χ1) is 14.1. The van der Waals surface area contributed by atoms with Crippen molar-refractivity contribution in [3.63, 3.8) is 0 Å². The SMILES string of the molecule is COc1ccc(N2C(=O)C(Sc3ccccc3)=C(c3ccc(Cl)cc3)C2=O)cc1. The lowest BCUT2D eigenvalue weighted by Crippen LogP contribution is -2.31. The van der Waals surface area contributed by atoms with E-state index in [0.717, 1.165) is 4.90 Å². The molecular weight excluding hydrogens is 406 g/mol. The van der Waals surface area contributed by atoms with E-state index >= 15 is 0 Å². The third-order valence-corrected chi connectivity index (χ3v) is 5.81. The largest absolute Gasteiger partial charge is 0.497 e. The molecule has 3 aromatic carbocycles. The molecule has 0 atom stereocenters. The van der Waals surface area contributed by atoms with Crippen LogP contribution >= 0.6 is 23.4 Å². The van der Waals surface area contributed by atoms with E-state index in [4.69, 9.17) is 16.3 Å². The molecule has 0 N–H and O–H groups in total. The van der Waals surface area contributed by atoms with Gasteiger partial charge in [0.15, 0.2) is 0 Å². The molecule has 0 aromatic heterocycles. The third-order valence-electron chi connectivity index (χ3n) is 4.47. The van der Waals surface area contributed by atoms with E-state index in [1.165, 1.54) is 16.7 Å². The van der Waals surface area contributed by atoms with Gasteiger partial charge in [0.05, 0.1) is 23.3 Å². The van der Waals surface area contributed by atoms with Gasteiger partial charge in [-0.05, 0) is 54.1 Å². The van der Waals surface area contributed by atoms with E-state index in [1.54, 1.807) is 55.6 Å². The van der Waals surface area contributed by atoms with Gasteiger partial charge in [0, 0.05) is 9.92 Å². The number of ether oxygens (including phenoxy) is 1. The van der Waals surface area contributed by atoms with Crippen LogP contribution in [0.25, 0.3) is 5.57 Å². The lowest BCUT2D eigenvalue weighted by Gasteiger charge is -2.15. The number of carbonyl (C=O) groups is 2. The molecule has 2 amide bonds.